The van der Waals surface area contributed by atoms with Crippen molar-refractivity contribution < 1.29 is 19.4 Å². The number of benzene rings is 3. The van der Waals surface area contributed by atoms with Gasteiger partial charge in [-0.1, -0.05) is 55.8 Å². The Morgan fingerprint density at radius 2 is 1.45 bits per heavy atom. The largest absolute Gasteiger partial charge is 0.489 e. The van der Waals surface area contributed by atoms with Gasteiger partial charge in [-0.05, 0) is 54.3 Å². The minimum absolute atomic E-state index is 0.129. The third kappa shape index (κ3) is 6.39. The predicted molar refractivity (Wildman–Crippen MR) is 114 cm³/mol. The van der Waals surface area contributed by atoms with Gasteiger partial charge in [0.2, 0.25) is 0 Å². The Morgan fingerprint density at radius 1 is 0.828 bits per heavy atom. The number of carbonyl (C=O) groups is 1. The average molecular weight is 390 g/mol. The molecule has 3 aromatic carbocycles. The number of rotatable bonds is 10. The Bertz CT molecular complexity index is 914. The highest BCUT2D eigenvalue weighted by molar-refractivity contribution is 5.67. The number of aryl methyl sites for hydroxylation is 2. The van der Waals surface area contributed by atoms with Gasteiger partial charge in [0.15, 0.2) is 0 Å². The smallest absolute Gasteiger partial charge is 0.303 e. The van der Waals surface area contributed by atoms with E-state index in [2.05, 4.69) is 19.1 Å². The lowest BCUT2D eigenvalue weighted by Gasteiger charge is -2.13. The number of carboxylic acid groups (broad SMARTS) is 1. The van der Waals surface area contributed by atoms with Crippen LogP contribution >= 0.6 is 0 Å². The number of aliphatic carboxylic acids is 1. The molecule has 0 amide bonds. The monoisotopic (exact) mass is 390 g/mol. The van der Waals surface area contributed by atoms with Gasteiger partial charge in [0.05, 0.1) is 0 Å². The summed E-state index contributed by atoms with van der Waals surface area (Å²) in [5.74, 6) is 1.53. The molecule has 4 nitrogen and oxygen atoms in total. The number of para-hydroxylation sites is 1. The SMILES string of the molecule is CCCc1ccc(Oc2ccccc2COc2ccc(CCC(=O)O)cc2)cc1. The van der Waals surface area contributed by atoms with Crippen LogP contribution < -0.4 is 9.47 Å². The summed E-state index contributed by atoms with van der Waals surface area (Å²) < 4.78 is 12.0. The average Bonchev–Trinajstić information content (AvgIpc) is 2.74. The molecular weight excluding hydrogens is 364 g/mol. The zero-order chi connectivity index (χ0) is 20.5. The van der Waals surface area contributed by atoms with Crippen molar-refractivity contribution in [3.63, 3.8) is 0 Å². The molecule has 0 aromatic heterocycles. The van der Waals surface area contributed by atoms with Gasteiger partial charge in [0.25, 0.3) is 0 Å². The predicted octanol–water partition coefficient (Wildman–Crippen LogP) is 6.03. The highest BCUT2D eigenvalue weighted by Gasteiger charge is 2.06. The molecule has 29 heavy (non-hydrogen) atoms. The minimum Gasteiger partial charge on any atom is -0.489 e. The summed E-state index contributed by atoms with van der Waals surface area (Å²) in [7, 11) is 0. The number of hydrogen-bond acceptors (Lipinski definition) is 3. The van der Waals surface area contributed by atoms with Gasteiger partial charge in [-0.25, -0.2) is 0 Å². The minimum atomic E-state index is -0.790. The van der Waals surface area contributed by atoms with Crippen molar-refractivity contribution in [2.45, 2.75) is 39.2 Å². The summed E-state index contributed by atoms with van der Waals surface area (Å²) in [5, 5.41) is 8.77. The van der Waals surface area contributed by atoms with Crippen molar-refractivity contribution in [2.75, 3.05) is 0 Å². The van der Waals surface area contributed by atoms with Crippen molar-refractivity contribution in [2.24, 2.45) is 0 Å². The molecule has 0 heterocycles. The van der Waals surface area contributed by atoms with Crippen LogP contribution in [0, 0.1) is 0 Å². The number of carboxylic acids is 1. The van der Waals surface area contributed by atoms with E-state index < -0.39 is 5.97 Å². The van der Waals surface area contributed by atoms with Gasteiger partial charge >= 0.3 is 5.97 Å². The van der Waals surface area contributed by atoms with Gasteiger partial charge in [0, 0.05) is 12.0 Å². The molecule has 0 bridgehead atoms. The molecule has 0 fully saturated rings. The summed E-state index contributed by atoms with van der Waals surface area (Å²) in [4.78, 5) is 10.7. The zero-order valence-corrected chi connectivity index (χ0v) is 16.6. The van der Waals surface area contributed by atoms with Crippen molar-refractivity contribution in [1.29, 1.82) is 0 Å². The standard InChI is InChI=1S/C25H26O4/c1-2-5-19-10-15-23(16-11-19)29-24-7-4-3-6-21(24)18-28-22-13-8-20(9-14-22)12-17-25(26)27/h3-4,6-11,13-16H,2,5,12,17-18H2,1H3,(H,26,27). The topological polar surface area (TPSA) is 55.8 Å². The Morgan fingerprint density at radius 3 is 2.10 bits per heavy atom. The quantitative estimate of drug-likeness (QED) is 0.459. The van der Waals surface area contributed by atoms with E-state index in [-0.39, 0.29) is 6.42 Å². The van der Waals surface area contributed by atoms with E-state index in [4.69, 9.17) is 14.6 Å². The van der Waals surface area contributed by atoms with Gasteiger partial charge in [-0.3, -0.25) is 4.79 Å². The third-order valence-electron chi connectivity index (χ3n) is 4.61. The van der Waals surface area contributed by atoms with E-state index in [9.17, 15) is 4.79 Å². The molecule has 1 N–H and O–H groups in total. The van der Waals surface area contributed by atoms with E-state index in [1.165, 1.54) is 5.56 Å². The molecule has 0 saturated heterocycles. The lowest BCUT2D eigenvalue weighted by Crippen LogP contribution is -1.99. The van der Waals surface area contributed by atoms with E-state index in [0.29, 0.717) is 13.0 Å². The first-order valence-corrected chi connectivity index (χ1v) is 9.92. The molecule has 0 aliphatic rings. The molecule has 150 valence electrons. The molecule has 0 unspecified atom stereocenters. The molecular formula is C25H26O4. The molecule has 0 aliphatic carbocycles. The number of ether oxygens (including phenoxy) is 2. The van der Waals surface area contributed by atoms with Gasteiger partial charge < -0.3 is 14.6 Å². The molecule has 0 radical (unpaired) electrons. The number of hydrogen-bond donors (Lipinski definition) is 1. The summed E-state index contributed by atoms with van der Waals surface area (Å²) in [6.07, 6.45) is 2.84. The zero-order valence-electron chi connectivity index (χ0n) is 16.6. The van der Waals surface area contributed by atoms with Crippen LogP contribution in [0.2, 0.25) is 0 Å². The molecule has 0 spiro atoms. The summed E-state index contributed by atoms with van der Waals surface area (Å²) in [6.45, 7) is 2.56. The van der Waals surface area contributed by atoms with Crippen molar-refractivity contribution in [1.82, 2.24) is 0 Å². The van der Waals surface area contributed by atoms with Crippen molar-refractivity contribution in [3.8, 4) is 17.2 Å². The molecule has 3 rings (SSSR count). The van der Waals surface area contributed by atoms with Gasteiger partial charge in [-0.15, -0.1) is 0 Å². The van der Waals surface area contributed by atoms with E-state index in [1.54, 1.807) is 0 Å². The van der Waals surface area contributed by atoms with Gasteiger partial charge in [0.1, 0.15) is 23.9 Å². The first-order chi connectivity index (χ1) is 14.1. The Hall–Kier alpha value is -3.27. The Balaban J connectivity index is 1.61. The summed E-state index contributed by atoms with van der Waals surface area (Å²) >= 11 is 0. The van der Waals surface area contributed by atoms with Crippen LogP contribution in [-0.4, -0.2) is 11.1 Å². The third-order valence-corrected chi connectivity index (χ3v) is 4.61. The van der Waals surface area contributed by atoms with Crippen LogP contribution in [0.15, 0.2) is 72.8 Å². The second kappa shape index (κ2) is 10.3. The maximum absolute atomic E-state index is 10.7. The van der Waals surface area contributed by atoms with Gasteiger partial charge in [-0.2, -0.15) is 0 Å². The van der Waals surface area contributed by atoms with E-state index in [1.807, 2.05) is 60.7 Å². The summed E-state index contributed by atoms with van der Waals surface area (Å²) in [6, 6.07) is 23.6. The second-order valence-electron chi connectivity index (χ2n) is 6.93. The fourth-order valence-corrected chi connectivity index (χ4v) is 3.03. The lowest BCUT2D eigenvalue weighted by molar-refractivity contribution is -0.136. The molecule has 0 atom stereocenters. The first-order valence-electron chi connectivity index (χ1n) is 9.92. The maximum Gasteiger partial charge on any atom is 0.303 e. The van der Waals surface area contributed by atoms with Crippen LogP contribution in [-0.2, 0) is 24.2 Å². The van der Waals surface area contributed by atoms with Crippen LogP contribution in [0.1, 0.15) is 36.5 Å². The molecule has 0 saturated carbocycles. The fraction of sp³-hybridized carbons (Fsp3) is 0.240. The molecule has 0 aliphatic heterocycles. The normalized spacial score (nSPS) is 10.5. The van der Waals surface area contributed by atoms with E-state index >= 15 is 0 Å². The highest BCUT2D eigenvalue weighted by atomic mass is 16.5. The highest BCUT2D eigenvalue weighted by Crippen LogP contribution is 2.27. The molecule has 3 aromatic rings. The lowest BCUT2D eigenvalue weighted by atomic mass is 10.1. The maximum atomic E-state index is 10.7. The van der Waals surface area contributed by atoms with Crippen LogP contribution in [0.4, 0.5) is 0 Å². The Labute approximate surface area is 171 Å². The second-order valence-corrected chi connectivity index (χ2v) is 6.93. The van der Waals surface area contributed by atoms with Crippen LogP contribution in [0.25, 0.3) is 0 Å². The van der Waals surface area contributed by atoms with E-state index in [0.717, 1.165) is 41.2 Å². The Kier molecular flexibility index (Phi) is 7.28. The first kappa shape index (κ1) is 20.5. The van der Waals surface area contributed by atoms with Crippen LogP contribution in [0.5, 0.6) is 17.2 Å². The molecule has 4 heteroatoms. The fourth-order valence-electron chi connectivity index (χ4n) is 3.03. The van der Waals surface area contributed by atoms with Crippen molar-refractivity contribution >= 4 is 5.97 Å². The summed E-state index contributed by atoms with van der Waals surface area (Å²) in [5.41, 5.74) is 3.25. The van der Waals surface area contributed by atoms with Crippen LogP contribution in [0.3, 0.4) is 0 Å². The van der Waals surface area contributed by atoms with Crippen molar-refractivity contribution in [3.05, 3.63) is 89.5 Å².